The van der Waals surface area contributed by atoms with Gasteiger partial charge in [-0.1, -0.05) is 19.9 Å². The van der Waals surface area contributed by atoms with Gasteiger partial charge in [-0.25, -0.2) is 0 Å². The molecule has 1 N–H and O–H groups in total. The third kappa shape index (κ3) is 3.22. The largest absolute Gasteiger partial charge is 0.480 e. The summed E-state index contributed by atoms with van der Waals surface area (Å²) in [7, 11) is 1.58. The first-order chi connectivity index (χ1) is 9.10. The molecule has 1 heterocycles. The van der Waals surface area contributed by atoms with Gasteiger partial charge < -0.3 is 10.1 Å². The Morgan fingerprint density at radius 2 is 1.89 bits per heavy atom. The molecule has 0 bridgehead atoms. The van der Waals surface area contributed by atoms with Gasteiger partial charge in [-0.15, -0.1) is 10.2 Å². The van der Waals surface area contributed by atoms with Crippen LogP contribution in [0.4, 0.5) is 11.5 Å². The molecule has 100 valence electrons. The Labute approximate surface area is 113 Å². The number of anilines is 2. The van der Waals surface area contributed by atoms with Crippen molar-refractivity contribution in [3.05, 3.63) is 41.5 Å². The summed E-state index contributed by atoms with van der Waals surface area (Å²) in [5.41, 5.74) is 3.67. The van der Waals surface area contributed by atoms with E-state index in [-0.39, 0.29) is 0 Å². The molecule has 0 amide bonds. The molecule has 1 aromatic heterocycles. The van der Waals surface area contributed by atoms with Crippen LogP contribution < -0.4 is 10.1 Å². The fourth-order valence-electron chi connectivity index (χ4n) is 1.98. The number of methoxy groups -OCH3 is 1. The van der Waals surface area contributed by atoms with Crippen LogP contribution in [-0.2, 0) is 0 Å². The molecule has 4 nitrogen and oxygen atoms in total. The van der Waals surface area contributed by atoms with Crippen molar-refractivity contribution < 1.29 is 4.74 Å². The van der Waals surface area contributed by atoms with E-state index in [0.29, 0.717) is 17.6 Å². The second-order valence-corrected chi connectivity index (χ2v) is 4.81. The van der Waals surface area contributed by atoms with Crippen molar-refractivity contribution in [1.82, 2.24) is 10.2 Å². The van der Waals surface area contributed by atoms with Crippen LogP contribution in [0.25, 0.3) is 0 Å². The molecule has 0 unspecified atom stereocenters. The van der Waals surface area contributed by atoms with E-state index >= 15 is 0 Å². The Bertz CT molecular complexity index is 550. The monoisotopic (exact) mass is 257 g/mol. The standard InChI is InChI=1S/C15H19N3O/c1-10(2)13-9-12(6-5-11(13)3)16-14-7-8-15(19-4)18-17-14/h5-10H,1-4H3,(H,16,17). The van der Waals surface area contributed by atoms with E-state index in [1.807, 2.05) is 12.1 Å². The van der Waals surface area contributed by atoms with Crippen molar-refractivity contribution in [2.45, 2.75) is 26.7 Å². The van der Waals surface area contributed by atoms with Crippen LogP contribution in [0.1, 0.15) is 30.9 Å². The van der Waals surface area contributed by atoms with Crippen molar-refractivity contribution in [2.24, 2.45) is 0 Å². The maximum absolute atomic E-state index is 4.98. The van der Waals surface area contributed by atoms with E-state index in [1.165, 1.54) is 11.1 Å². The number of aromatic nitrogens is 2. The molecule has 0 atom stereocenters. The highest BCUT2D eigenvalue weighted by Crippen LogP contribution is 2.24. The van der Waals surface area contributed by atoms with Crippen molar-refractivity contribution >= 4 is 11.5 Å². The molecule has 0 aliphatic carbocycles. The smallest absolute Gasteiger partial charge is 0.233 e. The Morgan fingerprint density at radius 1 is 1.11 bits per heavy atom. The van der Waals surface area contributed by atoms with Crippen LogP contribution in [0.5, 0.6) is 5.88 Å². The molecule has 19 heavy (non-hydrogen) atoms. The Kier molecular flexibility index (Phi) is 4.00. The maximum Gasteiger partial charge on any atom is 0.233 e. The lowest BCUT2D eigenvalue weighted by molar-refractivity contribution is 0.392. The molecule has 0 aliphatic rings. The number of aryl methyl sites for hydroxylation is 1. The zero-order chi connectivity index (χ0) is 13.8. The lowest BCUT2D eigenvalue weighted by Gasteiger charge is -2.12. The molecule has 2 aromatic rings. The zero-order valence-electron chi connectivity index (χ0n) is 11.8. The lowest BCUT2D eigenvalue weighted by atomic mass is 9.97. The predicted molar refractivity (Wildman–Crippen MR) is 77.1 cm³/mol. The normalized spacial score (nSPS) is 10.6. The minimum Gasteiger partial charge on any atom is -0.480 e. The molecule has 0 saturated heterocycles. The average molecular weight is 257 g/mol. The number of nitrogens with zero attached hydrogens (tertiary/aromatic N) is 2. The predicted octanol–water partition coefficient (Wildman–Crippen LogP) is 3.66. The summed E-state index contributed by atoms with van der Waals surface area (Å²) < 4.78 is 4.98. The first-order valence-corrected chi connectivity index (χ1v) is 6.35. The highest BCUT2D eigenvalue weighted by Gasteiger charge is 2.05. The van der Waals surface area contributed by atoms with Crippen molar-refractivity contribution in [1.29, 1.82) is 0 Å². The summed E-state index contributed by atoms with van der Waals surface area (Å²) in [6.07, 6.45) is 0. The minimum atomic E-state index is 0.503. The second-order valence-electron chi connectivity index (χ2n) is 4.81. The Morgan fingerprint density at radius 3 is 2.47 bits per heavy atom. The molecule has 0 aliphatic heterocycles. The van der Waals surface area contributed by atoms with Crippen LogP contribution in [-0.4, -0.2) is 17.3 Å². The SMILES string of the molecule is COc1ccc(Nc2ccc(C)c(C(C)C)c2)nn1. The summed E-state index contributed by atoms with van der Waals surface area (Å²) in [6, 6.07) is 9.96. The number of hydrogen-bond donors (Lipinski definition) is 1. The molecule has 4 heteroatoms. The molecule has 0 radical (unpaired) electrons. The van der Waals surface area contributed by atoms with Gasteiger partial charge in [-0.05, 0) is 42.2 Å². The van der Waals surface area contributed by atoms with Gasteiger partial charge in [0.05, 0.1) is 7.11 Å². The van der Waals surface area contributed by atoms with Crippen LogP contribution in [0.2, 0.25) is 0 Å². The molecule has 0 saturated carbocycles. The van der Waals surface area contributed by atoms with E-state index < -0.39 is 0 Å². The van der Waals surface area contributed by atoms with Crippen LogP contribution in [0.15, 0.2) is 30.3 Å². The first kappa shape index (κ1) is 13.3. The zero-order valence-corrected chi connectivity index (χ0v) is 11.8. The number of nitrogens with one attached hydrogen (secondary N) is 1. The third-order valence-electron chi connectivity index (χ3n) is 3.02. The molecule has 0 spiro atoms. The van der Waals surface area contributed by atoms with E-state index in [9.17, 15) is 0 Å². The Balaban J connectivity index is 2.20. The maximum atomic E-state index is 4.98. The van der Waals surface area contributed by atoms with Crippen molar-refractivity contribution in [2.75, 3.05) is 12.4 Å². The van der Waals surface area contributed by atoms with E-state index in [0.717, 1.165) is 5.69 Å². The van der Waals surface area contributed by atoms with Crippen LogP contribution >= 0.6 is 0 Å². The fourth-order valence-corrected chi connectivity index (χ4v) is 1.98. The van der Waals surface area contributed by atoms with Crippen molar-refractivity contribution in [3.8, 4) is 5.88 Å². The van der Waals surface area contributed by atoms with Gasteiger partial charge in [0.2, 0.25) is 5.88 Å². The van der Waals surface area contributed by atoms with Gasteiger partial charge in [0.25, 0.3) is 0 Å². The van der Waals surface area contributed by atoms with E-state index in [1.54, 1.807) is 13.2 Å². The third-order valence-corrected chi connectivity index (χ3v) is 3.02. The quantitative estimate of drug-likeness (QED) is 0.908. The fraction of sp³-hybridized carbons (Fsp3) is 0.333. The second kappa shape index (κ2) is 5.69. The van der Waals surface area contributed by atoms with Gasteiger partial charge in [0.1, 0.15) is 0 Å². The highest BCUT2D eigenvalue weighted by atomic mass is 16.5. The Hall–Kier alpha value is -2.10. The van der Waals surface area contributed by atoms with Crippen LogP contribution in [0.3, 0.4) is 0 Å². The van der Waals surface area contributed by atoms with E-state index in [4.69, 9.17) is 4.74 Å². The first-order valence-electron chi connectivity index (χ1n) is 6.35. The van der Waals surface area contributed by atoms with Crippen LogP contribution in [0, 0.1) is 6.92 Å². The summed E-state index contributed by atoms with van der Waals surface area (Å²) >= 11 is 0. The van der Waals surface area contributed by atoms with E-state index in [2.05, 4.69) is 48.4 Å². The summed E-state index contributed by atoms with van der Waals surface area (Å²) in [4.78, 5) is 0. The average Bonchev–Trinajstić information content (AvgIpc) is 2.41. The summed E-state index contributed by atoms with van der Waals surface area (Å²) in [5.74, 6) is 1.72. The molecule has 1 aromatic carbocycles. The number of hydrogen-bond acceptors (Lipinski definition) is 4. The minimum absolute atomic E-state index is 0.503. The highest BCUT2D eigenvalue weighted by molar-refractivity contribution is 5.58. The molecule has 2 rings (SSSR count). The topological polar surface area (TPSA) is 47.0 Å². The molecular formula is C15H19N3O. The molecule has 0 fully saturated rings. The summed E-state index contributed by atoms with van der Waals surface area (Å²) in [6.45, 7) is 6.52. The van der Waals surface area contributed by atoms with Gasteiger partial charge >= 0.3 is 0 Å². The molecular weight excluding hydrogens is 238 g/mol. The summed E-state index contributed by atoms with van der Waals surface area (Å²) in [5, 5.41) is 11.2. The lowest BCUT2D eigenvalue weighted by Crippen LogP contribution is -1.99. The van der Waals surface area contributed by atoms with Gasteiger partial charge in [-0.2, -0.15) is 0 Å². The van der Waals surface area contributed by atoms with Gasteiger partial charge in [0.15, 0.2) is 5.82 Å². The van der Waals surface area contributed by atoms with Gasteiger partial charge in [0, 0.05) is 11.8 Å². The number of ether oxygens (including phenoxy) is 1. The number of benzene rings is 1. The number of rotatable bonds is 4. The van der Waals surface area contributed by atoms with Crippen molar-refractivity contribution in [3.63, 3.8) is 0 Å². The van der Waals surface area contributed by atoms with Gasteiger partial charge in [-0.3, -0.25) is 0 Å².